The number of oxime groups is 1. The molecule has 1 atom stereocenters. The Hall–Kier alpha value is -2.08. The summed E-state index contributed by atoms with van der Waals surface area (Å²) in [7, 11) is 1.51. The quantitative estimate of drug-likeness (QED) is 0.693. The van der Waals surface area contributed by atoms with Crippen molar-refractivity contribution in [1.29, 1.82) is 0 Å². The number of ether oxygens (including phenoxy) is 1. The molecule has 142 valence electrons. The molecule has 0 fully saturated rings. The van der Waals surface area contributed by atoms with Gasteiger partial charge in [0.15, 0.2) is 6.10 Å². The fraction of sp³-hybridized carbons (Fsp3) is 0.300. The Kier molecular flexibility index (Phi) is 6.72. The van der Waals surface area contributed by atoms with Crippen molar-refractivity contribution in [2.24, 2.45) is 5.16 Å². The van der Waals surface area contributed by atoms with Gasteiger partial charge >= 0.3 is 0 Å². The molecular formula is C20H20Cl2N2O3. The Morgan fingerprint density at radius 1 is 1.22 bits per heavy atom. The first-order chi connectivity index (χ1) is 13.1. The molecule has 0 aromatic heterocycles. The van der Waals surface area contributed by atoms with Crippen molar-refractivity contribution in [3.63, 3.8) is 0 Å². The van der Waals surface area contributed by atoms with Crippen molar-refractivity contribution in [2.75, 3.05) is 20.3 Å². The number of halogens is 2. The van der Waals surface area contributed by atoms with Crippen LogP contribution in [-0.2, 0) is 20.9 Å². The van der Waals surface area contributed by atoms with Gasteiger partial charge in [-0.3, -0.25) is 4.79 Å². The molecule has 2 aromatic carbocycles. The first-order valence-electron chi connectivity index (χ1n) is 8.55. The van der Waals surface area contributed by atoms with Crippen LogP contribution in [0.4, 0.5) is 0 Å². The summed E-state index contributed by atoms with van der Waals surface area (Å²) in [5.41, 5.74) is 2.70. The van der Waals surface area contributed by atoms with Crippen molar-refractivity contribution < 1.29 is 14.4 Å². The topological polar surface area (TPSA) is 51.1 Å². The van der Waals surface area contributed by atoms with Gasteiger partial charge in [-0.1, -0.05) is 64.8 Å². The Labute approximate surface area is 168 Å². The van der Waals surface area contributed by atoms with Crippen LogP contribution in [0, 0.1) is 0 Å². The number of amides is 1. The molecule has 7 heteroatoms. The molecule has 0 saturated heterocycles. The molecule has 27 heavy (non-hydrogen) atoms. The van der Waals surface area contributed by atoms with Crippen molar-refractivity contribution in [1.82, 2.24) is 4.90 Å². The van der Waals surface area contributed by atoms with Gasteiger partial charge in [0.25, 0.3) is 0 Å². The van der Waals surface area contributed by atoms with Crippen LogP contribution in [0.15, 0.2) is 53.7 Å². The van der Waals surface area contributed by atoms with E-state index in [4.69, 9.17) is 32.8 Å². The molecule has 0 aliphatic carbocycles. The Bertz CT molecular complexity index is 827. The van der Waals surface area contributed by atoms with Crippen LogP contribution < -0.4 is 0 Å². The highest BCUT2D eigenvalue weighted by atomic mass is 35.5. The van der Waals surface area contributed by atoms with Gasteiger partial charge in [0.1, 0.15) is 6.61 Å². The molecule has 1 heterocycles. The fourth-order valence-electron chi connectivity index (χ4n) is 2.89. The highest BCUT2D eigenvalue weighted by molar-refractivity contribution is 6.42. The number of benzene rings is 2. The lowest BCUT2D eigenvalue weighted by Crippen LogP contribution is -2.39. The summed E-state index contributed by atoms with van der Waals surface area (Å²) in [5, 5.41) is 5.14. The lowest BCUT2D eigenvalue weighted by atomic mass is 10.0. The van der Waals surface area contributed by atoms with E-state index in [2.05, 4.69) is 5.16 Å². The first kappa shape index (κ1) is 19.7. The maximum atomic E-state index is 12.4. The summed E-state index contributed by atoms with van der Waals surface area (Å²) in [5.74, 6) is -0.0899. The SMILES string of the molecule is COCC(=O)N(Cc1ccccc1)C[C@H]1CC(c2ccc(Cl)c(Cl)c2)=NO1. The van der Waals surface area contributed by atoms with Crippen LogP contribution in [0.25, 0.3) is 0 Å². The maximum absolute atomic E-state index is 12.4. The Morgan fingerprint density at radius 2 is 2.00 bits per heavy atom. The third kappa shape index (κ3) is 5.22. The molecule has 3 rings (SSSR count). The molecule has 5 nitrogen and oxygen atoms in total. The Morgan fingerprint density at radius 3 is 2.70 bits per heavy atom. The predicted molar refractivity (Wildman–Crippen MR) is 106 cm³/mol. The maximum Gasteiger partial charge on any atom is 0.248 e. The molecule has 1 amide bonds. The molecule has 1 aliphatic rings. The van der Waals surface area contributed by atoms with Gasteiger partial charge in [-0.25, -0.2) is 0 Å². The van der Waals surface area contributed by atoms with Crippen LogP contribution in [0.5, 0.6) is 0 Å². The van der Waals surface area contributed by atoms with Crippen molar-refractivity contribution >= 4 is 34.8 Å². The second-order valence-corrected chi connectivity index (χ2v) is 7.11. The number of hydrogen-bond acceptors (Lipinski definition) is 4. The number of nitrogens with zero attached hydrogens (tertiary/aromatic N) is 2. The normalized spacial score (nSPS) is 16.0. The van der Waals surface area contributed by atoms with Crippen LogP contribution in [-0.4, -0.2) is 42.9 Å². The smallest absolute Gasteiger partial charge is 0.248 e. The number of rotatable bonds is 7. The fourth-order valence-corrected chi connectivity index (χ4v) is 3.19. The summed E-state index contributed by atoms with van der Waals surface area (Å²) in [6.45, 7) is 0.941. The van der Waals surface area contributed by atoms with Crippen molar-refractivity contribution in [3.05, 3.63) is 69.7 Å². The van der Waals surface area contributed by atoms with E-state index in [0.29, 0.717) is 29.6 Å². The van der Waals surface area contributed by atoms with E-state index in [9.17, 15) is 4.79 Å². The summed E-state index contributed by atoms with van der Waals surface area (Å²) in [6.07, 6.45) is 0.364. The summed E-state index contributed by atoms with van der Waals surface area (Å²) in [6, 6.07) is 15.2. The first-order valence-corrected chi connectivity index (χ1v) is 9.31. The molecule has 0 unspecified atom stereocenters. The number of carbonyl (C=O) groups excluding carboxylic acids is 1. The van der Waals surface area contributed by atoms with E-state index in [-0.39, 0.29) is 18.6 Å². The van der Waals surface area contributed by atoms with E-state index in [1.54, 1.807) is 17.0 Å². The molecule has 1 aliphatic heterocycles. The van der Waals surface area contributed by atoms with Gasteiger partial charge in [0.2, 0.25) is 5.91 Å². The number of carbonyl (C=O) groups is 1. The van der Waals surface area contributed by atoms with Crippen LogP contribution in [0.3, 0.4) is 0 Å². The van der Waals surface area contributed by atoms with Crippen molar-refractivity contribution in [3.8, 4) is 0 Å². The zero-order valence-electron chi connectivity index (χ0n) is 14.9. The lowest BCUT2D eigenvalue weighted by molar-refractivity contribution is -0.137. The van der Waals surface area contributed by atoms with E-state index >= 15 is 0 Å². The minimum Gasteiger partial charge on any atom is -0.390 e. The Balaban J connectivity index is 1.66. The minimum absolute atomic E-state index is 0.0278. The van der Waals surface area contributed by atoms with E-state index in [0.717, 1.165) is 16.8 Å². The summed E-state index contributed by atoms with van der Waals surface area (Å²) < 4.78 is 5.01. The predicted octanol–water partition coefficient (Wildman–Crippen LogP) is 4.16. The zero-order chi connectivity index (χ0) is 19.2. The van der Waals surface area contributed by atoms with Crippen LogP contribution >= 0.6 is 23.2 Å². The van der Waals surface area contributed by atoms with Crippen LogP contribution in [0.1, 0.15) is 17.5 Å². The van der Waals surface area contributed by atoms with E-state index in [1.807, 2.05) is 36.4 Å². The third-order valence-corrected chi connectivity index (χ3v) is 4.99. The van der Waals surface area contributed by atoms with Gasteiger partial charge in [-0.05, 0) is 17.7 Å². The molecule has 0 bridgehead atoms. The zero-order valence-corrected chi connectivity index (χ0v) is 16.4. The summed E-state index contributed by atoms with van der Waals surface area (Å²) >= 11 is 12.1. The standard InChI is InChI=1S/C20H20Cl2N2O3/c1-26-13-20(25)24(11-14-5-3-2-4-6-14)12-16-10-19(23-27-16)15-7-8-17(21)18(22)9-15/h2-9,16H,10-13H2,1H3/t16-/m1/s1. The van der Waals surface area contributed by atoms with E-state index in [1.165, 1.54) is 7.11 Å². The number of methoxy groups -OCH3 is 1. The van der Waals surface area contributed by atoms with Gasteiger partial charge in [0.05, 0.1) is 22.3 Å². The highest BCUT2D eigenvalue weighted by Crippen LogP contribution is 2.26. The van der Waals surface area contributed by atoms with Gasteiger partial charge in [0, 0.05) is 25.6 Å². The average molecular weight is 407 g/mol. The number of hydrogen-bond donors (Lipinski definition) is 0. The third-order valence-electron chi connectivity index (χ3n) is 4.25. The summed E-state index contributed by atoms with van der Waals surface area (Å²) in [4.78, 5) is 19.7. The van der Waals surface area contributed by atoms with E-state index < -0.39 is 0 Å². The molecule has 0 radical (unpaired) electrons. The highest BCUT2D eigenvalue weighted by Gasteiger charge is 2.27. The minimum atomic E-state index is -0.223. The van der Waals surface area contributed by atoms with Gasteiger partial charge in [-0.2, -0.15) is 0 Å². The molecule has 0 N–H and O–H groups in total. The molecule has 0 spiro atoms. The molecule has 2 aromatic rings. The monoisotopic (exact) mass is 406 g/mol. The second-order valence-electron chi connectivity index (χ2n) is 6.29. The largest absolute Gasteiger partial charge is 0.390 e. The lowest BCUT2D eigenvalue weighted by Gasteiger charge is -2.24. The van der Waals surface area contributed by atoms with Gasteiger partial charge < -0.3 is 14.5 Å². The van der Waals surface area contributed by atoms with Crippen molar-refractivity contribution in [2.45, 2.75) is 19.1 Å². The second kappa shape index (κ2) is 9.22. The average Bonchev–Trinajstić information content (AvgIpc) is 3.13. The van der Waals surface area contributed by atoms with Crippen LogP contribution in [0.2, 0.25) is 10.0 Å². The van der Waals surface area contributed by atoms with Gasteiger partial charge in [-0.15, -0.1) is 0 Å². The molecular weight excluding hydrogens is 387 g/mol. The molecule has 0 saturated carbocycles.